The van der Waals surface area contributed by atoms with E-state index >= 15 is 0 Å². The van der Waals surface area contributed by atoms with Crippen molar-refractivity contribution in [3.63, 3.8) is 0 Å². The third-order valence-electron chi connectivity index (χ3n) is 1.56. The van der Waals surface area contributed by atoms with Gasteiger partial charge in [-0.3, -0.25) is 0 Å². The van der Waals surface area contributed by atoms with Gasteiger partial charge in [-0.25, -0.2) is 0 Å². The van der Waals surface area contributed by atoms with Crippen LogP contribution in [0.5, 0.6) is 0 Å². The van der Waals surface area contributed by atoms with E-state index in [-0.39, 0.29) is 0 Å². The molecule has 0 N–H and O–H groups in total. The Kier molecular flexibility index (Phi) is 9.18. The molecule has 80 valence electrons. The molecule has 0 bridgehead atoms. The maximum absolute atomic E-state index is 7.97. The van der Waals surface area contributed by atoms with E-state index in [1.54, 1.807) is 24.3 Å². The Labute approximate surface area is 97.4 Å². The monoisotopic (exact) mass is 209 g/mol. The van der Waals surface area contributed by atoms with Gasteiger partial charge in [-0.1, -0.05) is 73.9 Å². The quantitative estimate of drug-likeness (QED) is 0.542. The van der Waals surface area contributed by atoms with E-state index < -0.39 is 0 Å². The first-order valence-corrected chi connectivity index (χ1v) is 4.86. The maximum Gasteiger partial charge on any atom is 0.0912 e. The second-order valence-corrected chi connectivity index (χ2v) is 2.72. The predicted octanol–water partition coefficient (Wildman–Crippen LogP) is 4.14. The van der Waals surface area contributed by atoms with Crippen molar-refractivity contribution < 1.29 is 0 Å². The predicted molar refractivity (Wildman–Crippen MR) is 70.6 cm³/mol. The van der Waals surface area contributed by atoms with Crippen molar-refractivity contribution >= 4 is 6.08 Å². The Hall–Kier alpha value is -2.33. The van der Waals surface area contributed by atoms with Crippen molar-refractivity contribution in [2.24, 2.45) is 0 Å². The number of rotatable bonds is 3. The summed E-state index contributed by atoms with van der Waals surface area (Å²) in [5.41, 5.74) is 1.17. The Balaban J connectivity index is 0.000000281. The first-order valence-electron chi connectivity index (χ1n) is 4.86. The summed E-state index contributed by atoms with van der Waals surface area (Å²) in [6, 6.07) is 11.9. The van der Waals surface area contributed by atoms with Gasteiger partial charge in [-0.2, -0.15) is 5.26 Å². The van der Waals surface area contributed by atoms with E-state index in [4.69, 9.17) is 5.26 Å². The van der Waals surface area contributed by atoms with Crippen LogP contribution in [-0.2, 0) is 0 Å². The van der Waals surface area contributed by atoms with E-state index in [2.05, 4.69) is 13.2 Å². The molecule has 0 fully saturated rings. The number of hydrogen-bond acceptors (Lipinski definition) is 1. The van der Waals surface area contributed by atoms with Gasteiger partial charge in [-0.15, -0.1) is 0 Å². The van der Waals surface area contributed by atoms with E-state index in [1.807, 2.05) is 42.5 Å². The van der Waals surface area contributed by atoms with Crippen LogP contribution in [0.2, 0.25) is 0 Å². The SMILES string of the molecule is C=CC=CC=CC#N.C=Cc1ccccc1. The average Bonchev–Trinajstić information content (AvgIpc) is 2.36. The Morgan fingerprint density at radius 2 is 1.69 bits per heavy atom. The molecule has 1 aromatic carbocycles. The zero-order chi connectivity index (χ0) is 12.1. The molecule has 0 aliphatic heterocycles. The summed E-state index contributed by atoms with van der Waals surface area (Å²) < 4.78 is 0. The van der Waals surface area contributed by atoms with Crippen molar-refractivity contribution in [1.82, 2.24) is 0 Å². The highest BCUT2D eigenvalue weighted by molar-refractivity contribution is 5.45. The van der Waals surface area contributed by atoms with E-state index in [0.29, 0.717) is 0 Å². The fourth-order valence-electron chi connectivity index (χ4n) is 0.830. The Morgan fingerprint density at radius 1 is 1.00 bits per heavy atom. The molecule has 0 aromatic heterocycles. The van der Waals surface area contributed by atoms with Gasteiger partial charge in [0.25, 0.3) is 0 Å². The number of nitriles is 1. The Bertz CT molecular complexity index is 391. The minimum Gasteiger partial charge on any atom is -0.193 e. The molecule has 0 saturated carbocycles. The van der Waals surface area contributed by atoms with Gasteiger partial charge in [0.15, 0.2) is 0 Å². The lowest BCUT2D eigenvalue weighted by atomic mass is 10.2. The minimum absolute atomic E-state index is 1.17. The minimum atomic E-state index is 1.17. The average molecular weight is 209 g/mol. The summed E-state index contributed by atoms with van der Waals surface area (Å²) in [5.74, 6) is 0. The highest BCUT2D eigenvalue weighted by atomic mass is 14.2. The van der Waals surface area contributed by atoms with Gasteiger partial charge in [0.05, 0.1) is 6.07 Å². The molecule has 1 nitrogen and oxygen atoms in total. The van der Waals surface area contributed by atoms with Gasteiger partial charge in [-0.05, 0) is 5.56 Å². The summed E-state index contributed by atoms with van der Waals surface area (Å²) in [5, 5.41) is 7.97. The van der Waals surface area contributed by atoms with Crippen LogP contribution in [0.1, 0.15) is 5.56 Å². The summed E-state index contributed by atoms with van der Waals surface area (Å²) in [6.45, 7) is 7.09. The third-order valence-corrected chi connectivity index (χ3v) is 1.56. The lowest BCUT2D eigenvalue weighted by Crippen LogP contribution is -1.63. The zero-order valence-electron chi connectivity index (χ0n) is 9.21. The number of benzene rings is 1. The molecule has 0 heterocycles. The molecule has 0 spiro atoms. The molecule has 0 saturated heterocycles. The third kappa shape index (κ3) is 8.28. The fourth-order valence-corrected chi connectivity index (χ4v) is 0.830. The van der Waals surface area contributed by atoms with E-state index in [1.165, 1.54) is 11.6 Å². The topological polar surface area (TPSA) is 23.8 Å². The van der Waals surface area contributed by atoms with Crippen LogP contribution in [-0.4, -0.2) is 0 Å². The summed E-state index contributed by atoms with van der Waals surface area (Å²) >= 11 is 0. The summed E-state index contributed by atoms with van der Waals surface area (Å²) in [4.78, 5) is 0. The van der Waals surface area contributed by atoms with Crippen LogP contribution in [0.15, 0.2) is 73.9 Å². The van der Waals surface area contributed by atoms with Crippen molar-refractivity contribution in [2.75, 3.05) is 0 Å². The van der Waals surface area contributed by atoms with Crippen molar-refractivity contribution in [2.45, 2.75) is 0 Å². The molecule has 16 heavy (non-hydrogen) atoms. The first kappa shape index (κ1) is 13.7. The summed E-state index contributed by atoms with van der Waals surface area (Å²) in [7, 11) is 0. The molecule has 1 rings (SSSR count). The highest BCUT2D eigenvalue weighted by Crippen LogP contribution is 1.97. The molecule has 0 aliphatic carbocycles. The van der Waals surface area contributed by atoms with Gasteiger partial charge in [0.2, 0.25) is 0 Å². The van der Waals surface area contributed by atoms with Crippen LogP contribution in [0.3, 0.4) is 0 Å². The first-order chi connectivity index (χ1) is 7.85. The van der Waals surface area contributed by atoms with Crippen LogP contribution >= 0.6 is 0 Å². The van der Waals surface area contributed by atoms with Crippen molar-refractivity contribution in [1.29, 1.82) is 5.26 Å². The van der Waals surface area contributed by atoms with E-state index in [0.717, 1.165) is 0 Å². The number of hydrogen-bond donors (Lipinski definition) is 0. The molecule has 0 unspecified atom stereocenters. The highest BCUT2D eigenvalue weighted by Gasteiger charge is 1.75. The lowest BCUT2D eigenvalue weighted by Gasteiger charge is -1.85. The number of allylic oxidation sites excluding steroid dienone is 5. The summed E-state index contributed by atoms with van der Waals surface area (Å²) in [6.07, 6.45) is 10.0. The van der Waals surface area contributed by atoms with E-state index in [9.17, 15) is 0 Å². The van der Waals surface area contributed by atoms with Gasteiger partial charge >= 0.3 is 0 Å². The molecule has 0 radical (unpaired) electrons. The molecule has 1 heteroatoms. The van der Waals surface area contributed by atoms with Gasteiger partial charge in [0, 0.05) is 6.08 Å². The van der Waals surface area contributed by atoms with Crippen LogP contribution in [0.4, 0.5) is 0 Å². The van der Waals surface area contributed by atoms with Crippen molar-refractivity contribution in [3.8, 4) is 6.07 Å². The molecule has 0 atom stereocenters. The molecule has 1 aromatic rings. The molecule has 0 aliphatic rings. The zero-order valence-corrected chi connectivity index (χ0v) is 9.21. The van der Waals surface area contributed by atoms with Crippen LogP contribution in [0, 0.1) is 11.3 Å². The van der Waals surface area contributed by atoms with Crippen molar-refractivity contribution in [3.05, 3.63) is 79.4 Å². The van der Waals surface area contributed by atoms with Crippen LogP contribution < -0.4 is 0 Å². The second-order valence-electron chi connectivity index (χ2n) is 2.72. The lowest BCUT2D eigenvalue weighted by molar-refractivity contribution is 1.53. The normalized spacial score (nSPS) is 9.19. The standard InChI is InChI=1S/C8H8.C7H7N/c1-2-8-6-4-3-5-7-8;1-2-3-4-5-6-7-8/h2-7H,1H2;2-6H,1H2. The fraction of sp³-hybridized carbons (Fsp3) is 0. The second kappa shape index (κ2) is 10.7. The Morgan fingerprint density at radius 3 is 2.12 bits per heavy atom. The largest absolute Gasteiger partial charge is 0.193 e. The van der Waals surface area contributed by atoms with Crippen LogP contribution in [0.25, 0.3) is 6.08 Å². The van der Waals surface area contributed by atoms with Gasteiger partial charge in [0.1, 0.15) is 0 Å². The molecular formula is C15H15N. The van der Waals surface area contributed by atoms with Gasteiger partial charge < -0.3 is 0 Å². The number of nitrogens with zero attached hydrogens (tertiary/aromatic N) is 1. The molecule has 0 amide bonds. The molecular weight excluding hydrogens is 194 g/mol. The smallest absolute Gasteiger partial charge is 0.0912 e. The maximum atomic E-state index is 7.97.